The maximum absolute atomic E-state index is 6.39. The minimum absolute atomic E-state index is 0.684. The van der Waals surface area contributed by atoms with Gasteiger partial charge in [0.15, 0.2) is 17.2 Å². The van der Waals surface area contributed by atoms with Gasteiger partial charge in [-0.3, -0.25) is 9.55 Å². The number of furan rings is 1. The van der Waals surface area contributed by atoms with Gasteiger partial charge in [-0.2, -0.15) is 0 Å². The first-order chi connectivity index (χ1) is 21.3. The van der Waals surface area contributed by atoms with Crippen molar-refractivity contribution in [3.8, 4) is 17.2 Å². The third-order valence-corrected chi connectivity index (χ3v) is 9.46. The highest BCUT2D eigenvalue weighted by molar-refractivity contribution is 7.26. The molecule has 0 amide bonds. The van der Waals surface area contributed by atoms with Gasteiger partial charge in [-0.05, 0) is 18.2 Å². The van der Waals surface area contributed by atoms with Crippen molar-refractivity contribution in [2.75, 3.05) is 0 Å². The predicted octanol–water partition coefficient (Wildman–Crippen LogP) is 9.45. The molecule has 0 saturated carbocycles. The molecule has 7 heteroatoms. The van der Waals surface area contributed by atoms with E-state index in [2.05, 4.69) is 71.3 Å². The monoisotopic (exact) mass is 569 g/mol. The molecular formula is C36H19N5OS. The first-order valence-electron chi connectivity index (χ1n) is 14.1. The molecule has 0 saturated heterocycles. The first-order valence-corrected chi connectivity index (χ1v) is 14.9. The molecule has 6 aromatic heterocycles. The molecule has 0 unspecified atom stereocenters. The summed E-state index contributed by atoms with van der Waals surface area (Å²) in [4.78, 5) is 20.5. The number of fused-ring (bicyclic) bond motifs is 12. The average Bonchev–Trinajstić information content (AvgIpc) is 3.74. The van der Waals surface area contributed by atoms with Gasteiger partial charge in [-0.1, -0.05) is 84.9 Å². The van der Waals surface area contributed by atoms with Crippen molar-refractivity contribution >= 4 is 86.4 Å². The summed E-state index contributed by atoms with van der Waals surface area (Å²) < 4.78 is 10.8. The van der Waals surface area contributed by atoms with Gasteiger partial charge < -0.3 is 4.42 Å². The number of nitrogens with zero attached hydrogens (tertiary/aromatic N) is 5. The molecule has 6 heterocycles. The number of benzene rings is 4. The minimum Gasteiger partial charge on any atom is -0.454 e. The molecule has 0 fully saturated rings. The lowest BCUT2D eigenvalue weighted by Crippen LogP contribution is -2.02. The number of rotatable bonds is 2. The second kappa shape index (κ2) is 8.44. The van der Waals surface area contributed by atoms with Crippen molar-refractivity contribution in [1.82, 2.24) is 24.5 Å². The fourth-order valence-corrected chi connectivity index (χ4v) is 7.50. The van der Waals surface area contributed by atoms with Crippen LogP contribution < -0.4 is 0 Å². The van der Waals surface area contributed by atoms with Gasteiger partial charge in [0.25, 0.3) is 0 Å². The molecule has 0 radical (unpaired) electrons. The minimum atomic E-state index is 0.684. The SMILES string of the molecule is c1ccc(-c2nc(-n3c4ccccc4c4cnc5c(ncc6c7ccccc7oc65)c43)c3sc4ccccc4c3n2)cc1. The van der Waals surface area contributed by atoms with Crippen LogP contribution in [0.5, 0.6) is 0 Å². The van der Waals surface area contributed by atoms with Crippen LogP contribution in [0, 0.1) is 0 Å². The van der Waals surface area contributed by atoms with Crippen molar-refractivity contribution in [2.45, 2.75) is 0 Å². The highest BCUT2D eigenvalue weighted by atomic mass is 32.1. The van der Waals surface area contributed by atoms with E-state index < -0.39 is 0 Å². The maximum Gasteiger partial charge on any atom is 0.164 e. The maximum atomic E-state index is 6.39. The van der Waals surface area contributed by atoms with Crippen LogP contribution in [0.3, 0.4) is 0 Å². The molecule has 0 bridgehead atoms. The molecule has 0 aliphatic heterocycles. The van der Waals surface area contributed by atoms with Crippen LogP contribution >= 0.6 is 11.3 Å². The van der Waals surface area contributed by atoms with Gasteiger partial charge in [-0.15, -0.1) is 11.3 Å². The van der Waals surface area contributed by atoms with Crippen molar-refractivity contribution in [3.63, 3.8) is 0 Å². The van der Waals surface area contributed by atoms with Crippen LogP contribution in [0.2, 0.25) is 0 Å². The molecule has 43 heavy (non-hydrogen) atoms. The summed E-state index contributed by atoms with van der Waals surface area (Å²) in [5, 5.41) is 5.22. The van der Waals surface area contributed by atoms with Gasteiger partial charge in [-0.25, -0.2) is 15.0 Å². The second-order valence-electron chi connectivity index (χ2n) is 10.7. The smallest absolute Gasteiger partial charge is 0.164 e. The van der Waals surface area contributed by atoms with Crippen LogP contribution in [0.4, 0.5) is 0 Å². The summed E-state index contributed by atoms with van der Waals surface area (Å²) in [6.07, 6.45) is 3.86. The van der Waals surface area contributed by atoms with Crippen molar-refractivity contribution < 1.29 is 4.42 Å². The number of thiophene rings is 1. The van der Waals surface area contributed by atoms with Gasteiger partial charge in [0, 0.05) is 49.6 Å². The molecule has 0 aliphatic rings. The molecule has 4 aromatic carbocycles. The number of para-hydroxylation sites is 2. The Bertz CT molecular complexity index is 2740. The zero-order valence-corrected chi connectivity index (χ0v) is 23.3. The van der Waals surface area contributed by atoms with Crippen LogP contribution in [-0.4, -0.2) is 24.5 Å². The van der Waals surface area contributed by atoms with Crippen LogP contribution in [0.15, 0.2) is 120 Å². The molecule has 10 aromatic rings. The fourth-order valence-electron chi connectivity index (χ4n) is 6.38. The Balaban J connectivity index is 1.41. The van der Waals surface area contributed by atoms with Gasteiger partial charge in [0.2, 0.25) is 0 Å². The normalized spacial score (nSPS) is 12.2. The van der Waals surface area contributed by atoms with E-state index in [0.29, 0.717) is 5.82 Å². The Kier molecular flexibility index (Phi) is 4.51. The molecule has 0 N–H and O–H groups in total. The molecule has 0 aliphatic carbocycles. The number of hydrogen-bond donors (Lipinski definition) is 0. The summed E-state index contributed by atoms with van der Waals surface area (Å²) in [5.74, 6) is 1.51. The average molecular weight is 570 g/mol. The summed E-state index contributed by atoms with van der Waals surface area (Å²) in [6.45, 7) is 0. The van der Waals surface area contributed by atoms with E-state index in [9.17, 15) is 0 Å². The lowest BCUT2D eigenvalue weighted by atomic mass is 10.1. The molecule has 10 rings (SSSR count). The molecule has 0 spiro atoms. The number of aromatic nitrogens is 5. The summed E-state index contributed by atoms with van der Waals surface area (Å²) >= 11 is 1.72. The second-order valence-corrected chi connectivity index (χ2v) is 11.7. The van der Waals surface area contributed by atoms with Gasteiger partial charge in [0.1, 0.15) is 16.6 Å². The molecule has 6 nitrogen and oxygen atoms in total. The lowest BCUT2D eigenvalue weighted by Gasteiger charge is -2.11. The van der Waals surface area contributed by atoms with Gasteiger partial charge in [0.05, 0.1) is 21.3 Å². The summed E-state index contributed by atoms with van der Waals surface area (Å²) in [6, 6.07) is 35.1. The third kappa shape index (κ3) is 3.11. The highest BCUT2D eigenvalue weighted by Gasteiger charge is 2.24. The summed E-state index contributed by atoms with van der Waals surface area (Å²) in [5.41, 5.74) is 6.97. The van der Waals surface area contributed by atoms with E-state index in [1.165, 1.54) is 4.70 Å². The first kappa shape index (κ1) is 23.0. The highest BCUT2D eigenvalue weighted by Crippen LogP contribution is 2.42. The Hall–Kier alpha value is -5.66. The lowest BCUT2D eigenvalue weighted by molar-refractivity contribution is 0.671. The van der Waals surface area contributed by atoms with E-state index in [4.69, 9.17) is 24.4 Å². The van der Waals surface area contributed by atoms with E-state index in [-0.39, 0.29) is 0 Å². The predicted molar refractivity (Wildman–Crippen MR) is 175 cm³/mol. The van der Waals surface area contributed by atoms with E-state index in [0.717, 1.165) is 81.8 Å². The number of hydrogen-bond acceptors (Lipinski definition) is 6. The van der Waals surface area contributed by atoms with E-state index >= 15 is 0 Å². The largest absolute Gasteiger partial charge is 0.454 e. The van der Waals surface area contributed by atoms with Crippen LogP contribution in [-0.2, 0) is 0 Å². The topological polar surface area (TPSA) is 69.6 Å². The summed E-state index contributed by atoms with van der Waals surface area (Å²) in [7, 11) is 0. The van der Waals surface area contributed by atoms with Crippen molar-refractivity contribution in [2.24, 2.45) is 0 Å². The quantitative estimate of drug-likeness (QED) is 0.207. The van der Waals surface area contributed by atoms with E-state index in [1.54, 1.807) is 11.3 Å². The van der Waals surface area contributed by atoms with Crippen LogP contribution in [0.1, 0.15) is 0 Å². The third-order valence-electron chi connectivity index (χ3n) is 8.30. The molecule has 200 valence electrons. The number of pyridine rings is 2. The standard InChI is InChI=1S/C36H19N5OS/c1-2-10-20(11-3-1)35-39-29-23-14-6-9-17-28(23)43-34(29)36(40-35)41-26-15-7-4-12-21(26)24-18-38-31-30(32(24)41)37-19-25-22-13-5-8-16-27(22)42-33(25)31/h1-19H. The van der Waals surface area contributed by atoms with Crippen molar-refractivity contribution in [1.29, 1.82) is 0 Å². The Labute approximate surface area is 247 Å². The van der Waals surface area contributed by atoms with E-state index in [1.807, 2.05) is 48.8 Å². The Morgan fingerprint density at radius 2 is 1.30 bits per heavy atom. The Morgan fingerprint density at radius 3 is 2.21 bits per heavy atom. The van der Waals surface area contributed by atoms with Crippen molar-refractivity contribution in [3.05, 3.63) is 116 Å². The van der Waals surface area contributed by atoms with Crippen LogP contribution in [0.25, 0.3) is 92.3 Å². The zero-order valence-electron chi connectivity index (χ0n) is 22.5. The zero-order chi connectivity index (χ0) is 28.1. The molecule has 0 atom stereocenters. The fraction of sp³-hybridized carbons (Fsp3) is 0. The Morgan fingerprint density at radius 1 is 0.581 bits per heavy atom. The molecular weight excluding hydrogens is 550 g/mol. The van der Waals surface area contributed by atoms with Gasteiger partial charge >= 0.3 is 0 Å².